The van der Waals surface area contributed by atoms with Crippen molar-refractivity contribution in [1.29, 1.82) is 0 Å². The van der Waals surface area contributed by atoms with Crippen molar-refractivity contribution in [3.8, 4) is 0 Å². The molecule has 0 aliphatic carbocycles. The molecular formula is C9H21NO4. The van der Waals surface area contributed by atoms with Crippen molar-refractivity contribution in [1.82, 2.24) is 0 Å². The fourth-order valence-electron chi connectivity index (χ4n) is 1.29. The lowest BCUT2D eigenvalue weighted by Gasteiger charge is -2.26. The lowest BCUT2D eigenvalue weighted by atomic mass is 9.94. The van der Waals surface area contributed by atoms with E-state index in [1.807, 2.05) is 0 Å². The van der Waals surface area contributed by atoms with Crippen molar-refractivity contribution >= 4 is 0 Å². The highest BCUT2D eigenvalue weighted by Gasteiger charge is 2.25. The molecule has 5 N–H and O–H groups in total. The molecule has 0 amide bonds. The molecule has 0 spiro atoms. The van der Waals surface area contributed by atoms with Gasteiger partial charge in [0.1, 0.15) is 0 Å². The van der Waals surface area contributed by atoms with Crippen LogP contribution < -0.4 is 5.73 Å². The van der Waals surface area contributed by atoms with Crippen LogP contribution in [0.4, 0.5) is 0 Å². The average Bonchev–Trinajstić information content (AvgIpc) is 2.19. The zero-order valence-corrected chi connectivity index (χ0v) is 8.76. The highest BCUT2D eigenvalue weighted by atomic mass is 16.5. The van der Waals surface area contributed by atoms with Crippen LogP contribution in [0.2, 0.25) is 0 Å². The third-order valence-corrected chi connectivity index (χ3v) is 2.46. The first-order valence-corrected chi connectivity index (χ1v) is 4.76. The Morgan fingerprint density at radius 1 is 1.36 bits per heavy atom. The highest BCUT2D eigenvalue weighted by Crippen LogP contribution is 2.15. The van der Waals surface area contributed by atoms with E-state index in [2.05, 4.69) is 0 Å². The Kier molecular flexibility index (Phi) is 7.04. The van der Waals surface area contributed by atoms with Crippen molar-refractivity contribution in [2.24, 2.45) is 11.7 Å². The van der Waals surface area contributed by atoms with Crippen LogP contribution in [0.1, 0.15) is 13.3 Å². The van der Waals surface area contributed by atoms with Gasteiger partial charge in [-0.15, -0.1) is 0 Å². The van der Waals surface area contributed by atoms with Gasteiger partial charge in [-0.25, -0.2) is 0 Å². The summed E-state index contributed by atoms with van der Waals surface area (Å²) >= 11 is 0. The average molecular weight is 207 g/mol. The Morgan fingerprint density at radius 3 is 2.29 bits per heavy atom. The molecule has 0 heterocycles. The first-order valence-electron chi connectivity index (χ1n) is 4.76. The quantitative estimate of drug-likeness (QED) is 0.416. The highest BCUT2D eigenvalue weighted by molar-refractivity contribution is 4.75. The monoisotopic (exact) mass is 207 g/mol. The van der Waals surface area contributed by atoms with Crippen LogP contribution in [0.15, 0.2) is 0 Å². The van der Waals surface area contributed by atoms with Crippen LogP contribution in [-0.4, -0.2) is 53.9 Å². The van der Waals surface area contributed by atoms with Gasteiger partial charge >= 0.3 is 0 Å². The van der Waals surface area contributed by atoms with E-state index in [1.54, 1.807) is 6.92 Å². The third-order valence-electron chi connectivity index (χ3n) is 2.46. The summed E-state index contributed by atoms with van der Waals surface area (Å²) in [5, 5.41) is 27.8. The van der Waals surface area contributed by atoms with E-state index in [1.165, 1.54) is 7.11 Å². The second kappa shape index (κ2) is 7.14. The summed E-state index contributed by atoms with van der Waals surface area (Å²) in [6.45, 7) is 1.74. The molecule has 5 heteroatoms. The van der Waals surface area contributed by atoms with Crippen LogP contribution in [0, 0.1) is 5.92 Å². The zero-order chi connectivity index (χ0) is 11.1. The number of aliphatic hydroxyl groups is 3. The molecule has 0 saturated carbocycles. The minimum Gasteiger partial charge on any atom is -0.394 e. The minimum absolute atomic E-state index is 0.126. The summed E-state index contributed by atoms with van der Waals surface area (Å²) < 4.78 is 4.97. The topological polar surface area (TPSA) is 95.9 Å². The molecule has 0 rings (SSSR count). The van der Waals surface area contributed by atoms with E-state index in [0.717, 1.165) is 0 Å². The standard InChI is InChI=1S/C9H21NO4/c1-6(9(5-11)14-2)8(13)3-7(12)4-10/h6-9,11-13H,3-5,10H2,1-2H3. The molecule has 0 radical (unpaired) electrons. The Balaban J connectivity index is 4.02. The van der Waals surface area contributed by atoms with Crippen molar-refractivity contribution in [3.05, 3.63) is 0 Å². The summed E-state index contributed by atoms with van der Waals surface area (Å²) in [6, 6.07) is 0. The summed E-state index contributed by atoms with van der Waals surface area (Å²) in [5.41, 5.74) is 5.22. The maximum absolute atomic E-state index is 9.65. The minimum atomic E-state index is -0.717. The number of hydrogen-bond donors (Lipinski definition) is 4. The molecule has 0 aliphatic heterocycles. The number of nitrogens with two attached hydrogens (primary N) is 1. The number of methoxy groups -OCH3 is 1. The second-order valence-electron chi connectivity index (χ2n) is 3.51. The third kappa shape index (κ3) is 4.34. The van der Waals surface area contributed by atoms with E-state index in [4.69, 9.17) is 15.6 Å². The van der Waals surface area contributed by atoms with Gasteiger partial charge in [0.25, 0.3) is 0 Å². The van der Waals surface area contributed by atoms with E-state index in [0.29, 0.717) is 0 Å². The fourth-order valence-corrected chi connectivity index (χ4v) is 1.29. The number of rotatable bonds is 7. The van der Waals surface area contributed by atoms with Crippen LogP contribution in [0.25, 0.3) is 0 Å². The molecule has 4 unspecified atom stereocenters. The largest absolute Gasteiger partial charge is 0.394 e. The Morgan fingerprint density at radius 2 is 1.93 bits per heavy atom. The van der Waals surface area contributed by atoms with Gasteiger partial charge in [0.2, 0.25) is 0 Å². The van der Waals surface area contributed by atoms with Crippen LogP contribution in [0.5, 0.6) is 0 Å². The van der Waals surface area contributed by atoms with Gasteiger partial charge < -0.3 is 25.8 Å². The van der Waals surface area contributed by atoms with Gasteiger partial charge in [0.05, 0.1) is 24.9 Å². The molecule has 0 aromatic rings. The van der Waals surface area contributed by atoms with Crippen LogP contribution >= 0.6 is 0 Å². The molecule has 0 aromatic heterocycles. The molecule has 0 saturated heterocycles. The van der Waals surface area contributed by atoms with Gasteiger partial charge in [0, 0.05) is 26.0 Å². The molecule has 0 aromatic carbocycles. The molecule has 0 aliphatic rings. The predicted molar refractivity (Wildman–Crippen MR) is 52.7 cm³/mol. The van der Waals surface area contributed by atoms with Gasteiger partial charge in [-0.05, 0) is 0 Å². The first kappa shape index (κ1) is 13.8. The molecule has 4 atom stereocenters. The van der Waals surface area contributed by atoms with E-state index in [9.17, 15) is 10.2 Å². The fraction of sp³-hybridized carbons (Fsp3) is 1.00. The molecule has 0 bridgehead atoms. The Hall–Kier alpha value is -0.200. The van der Waals surface area contributed by atoms with Crippen molar-refractivity contribution in [2.45, 2.75) is 31.7 Å². The molecule has 0 fully saturated rings. The van der Waals surface area contributed by atoms with Crippen LogP contribution in [-0.2, 0) is 4.74 Å². The Labute approximate surface area is 84.5 Å². The SMILES string of the molecule is COC(CO)C(C)C(O)CC(O)CN. The van der Waals surface area contributed by atoms with Gasteiger partial charge in [0.15, 0.2) is 0 Å². The van der Waals surface area contributed by atoms with Crippen molar-refractivity contribution in [2.75, 3.05) is 20.3 Å². The van der Waals surface area contributed by atoms with Crippen LogP contribution in [0.3, 0.4) is 0 Å². The predicted octanol–water partition coefficient (Wildman–Crippen LogP) is -1.30. The Bertz CT molecular complexity index is 141. The van der Waals surface area contributed by atoms with Gasteiger partial charge in [-0.2, -0.15) is 0 Å². The lowest BCUT2D eigenvalue weighted by molar-refractivity contribution is -0.0459. The molecular weight excluding hydrogens is 186 g/mol. The summed E-state index contributed by atoms with van der Waals surface area (Å²) in [6.07, 6.45) is -1.62. The maximum atomic E-state index is 9.65. The van der Waals surface area contributed by atoms with Crippen molar-refractivity contribution < 1.29 is 20.1 Å². The molecule has 86 valence electrons. The number of ether oxygens (including phenoxy) is 1. The maximum Gasteiger partial charge on any atom is 0.0852 e. The lowest BCUT2D eigenvalue weighted by Crippen LogP contribution is -2.37. The summed E-state index contributed by atoms with van der Waals surface area (Å²) in [5.74, 6) is -0.230. The number of aliphatic hydroxyl groups excluding tert-OH is 3. The van der Waals surface area contributed by atoms with Crippen molar-refractivity contribution in [3.63, 3.8) is 0 Å². The number of hydrogen-bond acceptors (Lipinski definition) is 5. The van der Waals surface area contributed by atoms with E-state index >= 15 is 0 Å². The summed E-state index contributed by atoms with van der Waals surface area (Å²) in [4.78, 5) is 0. The van der Waals surface area contributed by atoms with Gasteiger partial charge in [-0.1, -0.05) is 6.92 Å². The smallest absolute Gasteiger partial charge is 0.0852 e. The van der Waals surface area contributed by atoms with Gasteiger partial charge in [-0.3, -0.25) is 0 Å². The molecule has 14 heavy (non-hydrogen) atoms. The summed E-state index contributed by atoms with van der Waals surface area (Å²) in [7, 11) is 1.48. The van der Waals surface area contributed by atoms with E-state index in [-0.39, 0.29) is 25.5 Å². The second-order valence-corrected chi connectivity index (χ2v) is 3.51. The molecule has 5 nitrogen and oxygen atoms in total. The first-order chi connectivity index (χ1) is 6.56. The van der Waals surface area contributed by atoms with E-state index < -0.39 is 18.3 Å². The zero-order valence-electron chi connectivity index (χ0n) is 8.76. The normalized spacial score (nSPS) is 20.1.